The maximum Gasteiger partial charge on any atom is 0.279 e. The molecule has 1 atom stereocenters. The lowest BCUT2D eigenvalue weighted by atomic mass is 10.00. The fraction of sp³-hybridized carbons (Fsp3) is 1.00. The van der Waals surface area contributed by atoms with Gasteiger partial charge in [0.15, 0.2) is 0 Å². The number of rotatable bonds is 8. The molecule has 0 saturated carbocycles. The van der Waals surface area contributed by atoms with E-state index in [1.165, 1.54) is 0 Å². The van der Waals surface area contributed by atoms with E-state index in [1.807, 2.05) is 7.05 Å². The van der Waals surface area contributed by atoms with Crippen LogP contribution in [-0.4, -0.2) is 59.7 Å². The second kappa shape index (κ2) is 8.06. The highest BCUT2D eigenvalue weighted by molar-refractivity contribution is 7.87. The lowest BCUT2D eigenvalue weighted by molar-refractivity contribution is 0.195. The molecule has 1 saturated heterocycles. The molecule has 6 nitrogen and oxygen atoms in total. The number of piperidine rings is 1. The van der Waals surface area contributed by atoms with Gasteiger partial charge in [0, 0.05) is 33.4 Å². The first-order valence-corrected chi connectivity index (χ1v) is 7.92. The fourth-order valence-electron chi connectivity index (χ4n) is 2.21. The van der Waals surface area contributed by atoms with Gasteiger partial charge in [0.05, 0.1) is 0 Å². The monoisotopic (exact) mass is 279 g/mol. The predicted octanol–water partition coefficient (Wildman–Crippen LogP) is -0.211. The standard InChI is InChI=1S/C11H25N3O3S/c1-12-9-11-5-3-7-14(10-11)18(15,16)13-6-4-8-17-2/h11-13H,3-10H2,1-2H3. The van der Waals surface area contributed by atoms with Crippen molar-refractivity contribution in [1.82, 2.24) is 14.3 Å². The molecule has 0 aromatic heterocycles. The van der Waals surface area contributed by atoms with Gasteiger partial charge in [0.25, 0.3) is 10.2 Å². The number of hydrogen-bond donors (Lipinski definition) is 2. The van der Waals surface area contributed by atoms with Crippen LogP contribution < -0.4 is 10.0 Å². The molecule has 1 aliphatic rings. The van der Waals surface area contributed by atoms with Gasteiger partial charge < -0.3 is 10.1 Å². The number of methoxy groups -OCH3 is 1. The van der Waals surface area contributed by atoms with Crippen molar-refractivity contribution in [2.75, 3.05) is 46.9 Å². The molecule has 1 heterocycles. The molecule has 1 fully saturated rings. The van der Waals surface area contributed by atoms with Crippen molar-refractivity contribution in [3.8, 4) is 0 Å². The summed E-state index contributed by atoms with van der Waals surface area (Å²) in [7, 11) is 0.197. The first kappa shape index (κ1) is 15.8. The van der Waals surface area contributed by atoms with Crippen LogP contribution in [0.4, 0.5) is 0 Å². The Morgan fingerprint density at radius 1 is 1.44 bits per heavy atom. The van der Waals surface area contributed by atoms with E-state index in [2.05, 4.69) is 10.0 Å². The lowest BCUT2D eigenvalue weighted by Crippen LogP contribution is -2.47. The van der Waals surface area contributed by atoms with Crippen LogP contribution in [0, 0.1) is 5.92 Å². The van der Waals surface area contributed by atoms with Crippen molar-refractivity contribution in [1.29, 1.82) is 0 Å². The Bertz CT molecular complexity index is 319. The van der Waals surface area contributed by atoms with Crippen molar-refractivity contribution < 1.29 is 13.2 Å². The summed E-state index contributed by atoms with van der Waals surface area (Å²) in [5.74, 6) is 0.416. The molecule has 1 rings (SSSR count). The van der Waals surface area contributed by atoms with Gasteiger partial charge in [-0.05, 0) is 38.8 Å². The molecule has 0 aliphatic carbocycles. The summed E-state index contributed by atoms with van der Waals surface area (Å²) in [6.07, 6.45) is 2.73. The Morgan fingerprint density at radius 2 is 2.22 bits per heavy atom. The summed E-state index contributed by atoms with van der Waals surface area (Å²) < 4.78 is 33.2. The van der Waals surface area contributed by atoms with Crippen LogP contribution in [0.3, 0.4) is 0 Å². The molecule has 0 spiro atoms. The Balaban J connectivity index is 2.40. The summed E-state index contributed by atoms with van der Waals surface area (Å²) in [5, 5.41) is 3.11. The van der Waals surface area contributed by atoms with Crippen LogP contribution >= 0.6 is 0 Å². The molecule has 18 heavy (non-hydrogen) atoms. The Kier molecular flexibility index (Phi) is 7.10. The van der Waals surface area contributed by atoms with E-state index >= 15 is 0 Å². The average molecular weight is 279 g/mol. The van der Waals surface area contributed by atoms with Crippen molar-refractivity contribution in [2.45, 2.75) is 19.3 Å². The van der Waals surface area contributed by atoms with Crippen LogP contribution in [-0.2, 0) is 14.9 Å². The minimum atomic E-state index is -3.32. The van der Waals surface area contributed by atoms with E-state index < -0.39 is 10.2 Å². The van der Waals surface area contributed by atoms with Crippen LogP contribution in [0.25, 0.3) is 0 Å². The summed E-state index contributed by atoms with van der Waals surface area (Å²) in [6, 6.07) is 0. The second-order valence-electron chi connectivity index (χ2n) is 4.67. The molecule has 108 valence electrons. The van der Waals surface area contributed by atoms with Gasteiger partial charge in [-0.3, -0.25) is 0 Å². The van der Waals surface area contributed by atoms with Gasteiger partial charge in [-0.15, -0.1) is 0 Å². The number of nitrogens with one attached hydrogen (secondary N) is 2. The lowest BCUT2D eigenvalue weighted by Gasteiger charge is -2.31. The fourth-order valence-corrected chi connectivity index (χ4v) is 3.57. The van der Waals surface area contributed by atoms with E-state index in [9.17, 15) is 8.42 Å². The topological polar surface area (TPSA) is 70.7 Å². The van der Waals surface area contributed by atoms with Gasteiger partial charge in [-0.25, -0.2) is 4.72 Å². The first-order valence-electron chi connectivity index (χ1n) is 6.48. The predicted molar refractivity (Wildman–Crippen MR) is 71.6 cm³/mol. The summed E-state index contributed by atoms with van der Waals surface area (Å²) in [6.45, 7) is 3.12. The van der Waals surface area contributed by atoms with E-state index in [0.717, 1.165) is 19.4 Å². The largest absolute Gasteiger partial charge is 0.385 e. The zero-order valence-electron chi connectivity index (χ0n) is 11.3. The highest BCUT2D eigenvalue weighted by atomic mass is 32.2. The van der Waals surface area contributed by atoms with Crippen LogP contribution in [0.15, 0.2) is 0 Å². The maximum absolute atomic E-state index is 12.1. The second-order valence-corrected chi connectivity index (χ2v) is 6.42. The molecule has 1 aliphatic heterocycles. The zero-order chi connectivity index (χ0) is 13.4. The minimum absolute atomic E-state index is 0.416. The van der Waals surface area contributed by atoms with Crippen molar-refractivity contribution >= 4 is 10.2 Å². The third kappa shape index (κ3) is 5.19. The molecule has 7 heteroatoms. The van der Waals surface area contributed by atoms with Gasteiger partial charge in [0.2, 0.25) is 0 Å². The number of nitrogens with zero attached hydrogens (tertiary/aromatic N) is 1. The Labute approximate surface area is 110 Å². The van der Waals surface area contributed by atoms with Gasteiger partial charge in [0.1, 0.15) is 0 Å². The average Bonchev–Trinajstić information content (AvgIpc) is 2.36. The number of hydrogen-bond acceptors (Lipinski definition) is 4. The molecular weight excluding hydrogens is 254 g/mol. The van der Waals surface area contributed by atoms with Crippen LogP contribution in [0.5, 0.6) is 0 Å². The Hall–Kier alpha value is -0.210. The first-order chi connectivity index (χ1) is 8.60. The maximum atomic E-state index is 12.1. The summed E-state index contributed by atoms with van der Waals surface area (Å²) >= 11 is 0. The van der Waals surface area contributed by atoms with E-state index in [1.54, 1.807) is 11.4 Å². The molecule has 0 aromatic carbocycles. The molecule has 0 bridgehead atoms. The van der Waals surface area contributed by atoms with Crippen LogP contribution in [0.2, 0.25) is 0 Å². The quantitative estimate of drug-likeness (QED) is 0.603. The van der Waals surface area contributed by atoms with Gasteiger partial charge in [-0.1, -0.05) is 0 Å². The van der Waals surface area contributed by atoms with E-state index in [0.29, 0.717) is 38.6 Å². The highest BCUT2D eigenvalue weighted by Gasteiger charge is 2.27. The smallest absolute Gasteiger partial charge is 0.279 e. The minimum Gasteiger partial charge on any atom is -0.385 e. The zero-order valence-corrected chi connectivity index (χ0v) is 12.1. The number of ether oxygens (including phenoxy) is 1. The molecule has 0 radical (unpaired) electrons. The van der Waals surface area contributed by atoms with Crippen LogP contribution in [0.1, 0.15) is 19.3 Å². The Morgan fingerprint density at radius 3 is 2.89 bits per heavy atom. The van der Waals surface area contributed by atoms with Crippen molar-refractivity contribution in [3.05, 3.63) is 0 Å². The SMILES string of the molecule is CNCC1CCCN(S(=O)(=O)NCCCOC)C1. The normalized spacial score (nSPS) is 22.2. The van der Waals surface area contributed by atoms with Crippen molar-refractivity contribution in [3.63, 3.8) is 0 Å². The molecule has 1 unspecified atom stereocenters. The third-order valence-electron chi connectivity index (χ3n) is 3.12. The molecule has 0 aromatic rings. The third-order valence-corrected chi connectivity index (χ3v) is 4.70. The van der Waals surface area contributed by atoms with Crippen molar-refractivity contribution in [2.24, 2.45) is 5.92 Å². The highest BCUT2D eigenvalue weighted by Crippen LogP contribution is 2.17. The van der Waals surface area contributed by atoms with Gasteiger partial charge >= 0.3 is 0 Å². The van der Waals surface area contributed by atoms with E-state index in [-0.39, 0.29) is 0 Å². The van der Waals surface area contributed by atoms with Gasteiger partial charge in [-0.2, -0.15) is 12.7 Å². The molecule has 2 N–H and O–H groups in total. The van der Waals surface area contributed by atoms with E-state index in [4.69, 9.17) is 4.74 Å². The summed E-state index contributed by atoms with van der Waals surface area (Å²) in [4.78, 5) is 0. The molecular formula is C11H25N3O3S. The summed E-state index contributed by atoms with van der Waals surface area (Å²) in [5.41, 5.74) is 0. The molecule has 0 amide bonds.